The lowest BCUT2D eigenvalue weighted by molar-refractivity contribution is -0.122. The smallest absolute Gasteiger partial charge is 0.257 e. The molecule has 18 heavy (non-hydrogen) atoms. The number of halogens is 1. The average molecular weight is 271 g/mol. The third kappa shape index (κ3) is 4.55. The Morgan fingerprint density at radius 3 is 2.89 bits per heavy atom. The molecule has 1 unspecified atom stereocenters. The van der Waals surface area contributed by atoms with Crippen molar-refractivity contribution in [3.8, 4) is 5.75 Å². The number of amides is 1. The van der Waals surface area contributed by atoms with E-state index < -0.39 is 0 Å². The van der Waals surface area contributed by atoms with Gasteiger partial charge in [0, 0.05) is 18.1 Å². The van der Waals surface area contributed by atoms with Crippen molar-refractivity contribution < 1.29 is 9.53 Å². The maximum Gasteiger partial charge on any atom is 0.257 e. The molecule has 3 N–H and O–H groups in total. The average Bonchev–Trinajstić information content (AvgIpc) is 2.37. The summed E-state index contributed by atoms with van der Waals surface area (Å²) in [6.07, 6.45) is 1.56. The summed E-state index contributed by atoms with van der Waals surface area (Å²) in [5.74, 6) is 0.489. The Labute approximate surface area is 112 Å². The number of likely N-dealkylation sites (N-methyl/N-ethyl adjacent to an activating group) is 1. The Morgan fingerprint density at radius 1 is 1.56 bits per heavy atom. The van der Waals surface area contributed by atoms with E-state index in [1.807, 2.05) is 13.0 Å². The van der Waals surface area contributed by atoms with Crippen LogP contribution in [0.5, 0.6) is 5.75 Å². The van der Waals surface area contributed by atoms with E-state index in [0.29, 0.717) is 17.2 Å². The molecule has 0 saturated carbocycles. The third-order valence-electron chi connectivity index (χ3n) is 2.67. The van der Waals surface area contributed by atoms with Crippen LogP contribution in [0.3, 0.4) is 0 Å². The van der Waals surface area contributed by atoms with Gasteiger partial charge in [0.1, 0.15) is 5.75 Å². The number of carbonyl (C=O) groups excluding carboxylic acids is 1. The van der Waals surface area contributed by atoms with Crippen LogP contribution in [0.25, 0.3) is 0 Å². The van der Waals surface area contributed by atoms with E-state index in [9.17, 15) is 4.79 Å². The molecule has 1 aromatic carbocycles. The van der Waals surface area contributed by atoms with Gasteiger partial charge in [0.25, 0.3) is 5.91 Å². The number of ether oxygens (including phenoxy) is 1. The van der Waals surface area contributed by atoms with Crippen LogP contribution in [0.1, 0.15) is 18.9 Å². The van der Waals surface area contributed by atoms with Gasteiger partial charge in [-0.3, -0.25) is 4.79 Å². The van der Waals surface area contributed by atoms with Gasteiger partial charge in [-0.25, -0.2) is 0 Å². The van der Waals surface area contributed by atoms with Gasteiger partial charge in [-0.15, -0.1) is 0 Å². The van der Waals surface area contributed by atoms with Gasteiger partial charge in [-0.1, -0.05) is 18.5 Å². The number of rotatable bonds is 6. The maximum atomic E-state index is 11.2. The topological polar surface area (TPSA) is 64.3 Å². The lowest BCUT2D eigenvalue weighted by atomic mass is 10.0. The quantitative estimate of drug-likeness (QED) is 0.828. The first kappa shape index (κ1) is 14.8. The van der Waals surface area contributed by atoms with Crippen molar-refractivity contribution in [2.75, 3.05) is 13.7 Å². The van der Waals surface area contributed by atoms with Crippen molar-refractivity contribution in [2.45, 2.75) is 25.8 Å². The Morgan fingerprint density at radius 2 is 2.28 bits per heavy atom. The highest BCUT2D eigenvalue weighted by atomic mass is 35.5. The zero-order valence-corrected chi connectivity index (χ0v) is 11.5. The summed E-state index contributed by atoms with van der Waals surface area (Å²) in [4.78, 5) is 11.2. The molecule has 0 fully saturated rings. The number of benzene rings is 1. The highest BCUT2D eigenvalue weighted by molar-refractivity contribution is 6.30. The van der Waals surface area contributed by atoms with Crippen LogP contribution in [0, 0.1) is 0 Å². The highest BCUT2D eigenvalue weighted by Crippen LogP contribution is 2.24. The van der Waals surface area contributed by atoms with Crippen LogP contribution >= 0.6 is 11.6 Å². The Kier molecular flexibility index (Phi) is 5.95. The standard InChI is InChI=1S/C13H19ClN2O2/c1-3-11(15)7-9-6-10(14)4-5-12(9)18-8-13(17)16-2/h4-6,11H,3,7-8,15H2,1-2H3,(H,16,17). The lowest BCUT2D eigenvalue weighted by Crippen LogP contribution is -2.26. The van der Waals surface area contributed by atoms with Gasteiger partial charge in [0.15, 0.2) is 6.61 Å². The van der Waals surface area contributed by atoms with Crippen molar-refractivity contribution in [1.29, 1.82) is 0 Å². The van der Waals surface area contributed by atoms with Crippen LogP contribution in [0.4, 0.5) is 0 Å². The summed E-state index contributed by atoms with van der Waals surface area (Å²) in [6.45, 7) is 2.02. The molecule has 0 bridgehead atoms. The molecule has 5 heteroatoms. The van der Waals surface area contributed by atoms with Gasteiger partial charge in [-0.05, 0) is 36.6 Å². The Hall–Kier alpha value is -1.26. The molecule has 0 saturated heterocycles. The minimum Gasteiger partial charge on any atom is -0.483 e. The molecule has 4 nitrogen and oxygen atoms in total. The van der Waals surface area contributed by atoms with Crippen molar-refractivity contribution >= 4 is 17.5 Å². The molecule has 0 aliphatic rings. The molecule has 0 spiro atoms. The first-order valence-electron chi connectivity index (χ1n) is 5.94. The fourth-order valence-corrected chi connectivity index (χ4v) is 1.69. The molecule has 0 aromatic heterocycles. The van der Waals surface area contributed by atoms with E-state index in [0.717, 1.165) is 12.0 Å². The van der Waals surface area contributed by atoms with E-state index in [4.69, 9.17) is 22.1 Å². The van der Waals surface area contributed by atoms with E-state index >= 15 is 0 Å². The number of hydrogen-bond acceptors (Lipinski definition) is 3. The minimum atomic E-state index is -0.171. The molecule has 0 aliphatic heterocycles. The predicted octanol–water partition coefficient (Wildman–Crippen LogP) is 1.74. The third-order valence-corrected chi connectivity index (χ3v) is 2.90. The zero-order chi connectivity index (χ0) is 13.5. The molecule has 1 aromatic rings. The molecule has 100 valence electrons. The summed E-state index contributed by atoms with van der Waals surface area (Å²) >= 11 is 5.96. The van der Waals surface area contributed by atoms with E-state index in [1.54, 1.807) is 19.2 Å². The molecule has 0 radical (unpaired) electrons. The molecular weight excluding hydrogens is 252 g/mol. The van der Waals surface area contributed by atoms with E-state index in [1.165, 1.54) is 0 Å². The summed E-state index contributed by atoms with van der Waals surface area (Å²) in [5.41, 5.74) is 6.86. The molecular formula is C13H19ClN2O2. The SMILES string of the molecule is CCC(N)Cc1cc(Cl)ccc1OCC(=O)NC. The monoisotopic (exact) mass is 270 g/mol. The normalized spacial score (nSPS) is 12.0. The summed E-state index contributed by atoms with van der Waals surface area (Å²) in [7, 11) is 1.57. The fourth-order valence-electron chi connectivity index (χ4n) is 1.49. The van der Waals surface area contributed by atoms with E-state index in [-0.39, 0.29) is 18.6 Å². The zero-order valence-electron chi connectivity index (χ0n) is 10.7. The van der Waals surface area contributed by atoms with Crippen molar-refractivity contribution in [1.82, 2.24) is 5.32 Å². The predicted molar refractivity (Wildman–Crippen MR) is 73.0 cm³/mol. The number of hydrogen-bond donors (Lipinski definition) is 2. The first-order chi connectivity index (χ1) is 8.56. The van der Waals surface area contributed by atoms with Crippen molar-refractivity contribution in [2.24, 2.45) is 5.73 Å². The van der Waals surface area contributed by atoms with E-state index in [2.05, 4.69) is 5.32 Å². The maximum absolute atomic E-state index is 11.2. The number of carbonyl (C=O) groups is 1. The van der Waals surface area contributed by atoms with Crippen molar-refractivity contribution in [3.05, 3.63) is 28.8 Å². The second-order valence-electron chi connectivity index (χ2n) is 4.09. The van der Waals surface area contributed by atoms with Crippen molar-refractivity contribution in [3.63, 3.8) is 0 Å². The van der Waals surface area contributed by atoms with Gasteiger partial charge >= 0.3 is 0 Å². The second kappa shape index (κ2) is 7.24. The van der Waals surface area contributed by atoms with Crippen LogP contribution in [-0.4, -0.2) is 25.6 Å². The number of nitrogens with two attached hydrogens (primary N) is 1. The van der Waals surface area contributed by atoms with Crippen LogP contribution in [-0.2, 0) is 11.2 Å². The number of nitrogens with one attached hydrogen (secondary N) is 1. The molecule has 0 aliphatic carbocycles. The van der Waals surface area contributed by atoms with Gasteiger partial charge in [0.2, 0.25) is 0 Å². The minimum absolute atomic E-state index is 0.00744. The molecule has 1 rings (SSSR count). The Bertz CT molecular complexity index is 410. The molecule has 1 atom stereocenters. The Balaban J connectivity index is 2.79. The molecule has 1 amide bonds. The van der Waals surface area contributed by atoms with Gasteiger partial charge in [-0.2, -0.15) is 0 Å². The first-order valence-corrected chi connectivity index (χ1v) is 6.32. The highest BCUT2D eigenvalue weighted by Gasteiger charge is 2.10. The van der Waals surface area contributed by atoms with Crippen LogP contribution in [0.2, 0.25) is 5.02 Å². The second-order valence-corrected chi connectivity index (χ2v) is 4.52. The summed E-state index contributed by atoms with van der Waals surface area (Å²) in [6, 6.07) is 5.40. The summed E-state index contributed by atoms with van der Waals surface area (Å²) < 4.78 is 5.46. The summed E-state index contributed by atoms with van der Waals surface area (Å²) in [5, 5.41) is 3.14. The van der Waals surface area contributed by atoms with Crippen LogP contribution < -0.4 is 15.8 Å². The molecule has 0 heterocycles. The van der Waals surface area contributed by atoms with Crippen LogP contribution in [0.15, 0.2) is 18.2 Å². The lowest BCUT2D eigenvalue weighted by Gasteiger charge is -2.14. The largest absolute Gasteiger partial charge is 0.483 e. The fraction of sp³-hybridized carbons (Fsp3) is 0.462. The van der Waals surface area contributed by atoms with Gasteiger partial charge in [0.05, 0.1) is 0 Å². The van der Waals surface area contributed by atoms with Gasteiger partial charge < -0.3 is 15.8 Å².